The van der Waals surface area contributed by atoms with Crippen LogP contribution in [0.2, 0.25) is 5.02 Å². The van der Waals surface area contributed by atoms with E-state index in [2.05, 4.69) is 4.98 Å². The standard InChI is InChI=1S/C13H12ClNO3S/c1-7-11(13(16)18-3)19-12(15-7)8-4-5-10(17-2)9(14)6-8/h4-6H,1-3H3. The predicted molar refractivity (Wildman–Crippen MR) is 75.2 cm³/mol. The quantitative estimate of drug-likeness (QED) is 0.813. The normalized spacial score (nSPS) is 10.3. The predicted octanol–water partition coefficient (Wildman–Crippen LogP) is 3.57. The van der Waals surface area contributed by atoms with E-state index in [1.165, 1.54) is 18.4 Å². The number of rotatable bonds is 3. The molecule has 2 rings (SSSR count). The van der Waals surface area contributed by atoms with Gasteiger partial charge in [-0.25, -0.2) is 9.78 Å². The molecule has 0 N–H and O–H groups in total. The highest BCUT2D eigenvalue weighted by atomic mass is 35.5. The van der Waals surface area contributed by atoms with E-state index in [1.807, 2.05) is 6.07 Å². The number of halogens is 1. The Kier molecular flexibility index (Phi) is 4.07. The number of ether oxygens (including phenoxy) is 2. The number of aryl methyl sites for hydroxylation is 1. The van der Waals surface area contributed by atoms with Gasteiger partial charge in [0.1, 0.15) is 15.6 Å². The van der Waals surface area contributed by atoms with Gasteiger partial charge in [-0.05, 0) is 25.1 Å². The number of carbonyl (C=O) groups excluding carboxylic acids is 1. The van der Waals surface area contributed by atoms with E-state index < -0.39 is 0 Å². The second-order valence-corrected chi connectivity index (χ2v) is 5.18. The van der Waals surface area contributed by atoms with Gasteiger partial charge in [0.15, 0.2) is 0 Å². The minimum absolute atomic E-state index is 0.374. The van der Waals surface area contributed by atoms with Gasteiger partial charge in [0, 0.05) is 5.56 Å². The molecule has 4 nitrogen and oxygen atoms in total. The van der Waals surface area contributed by atoms with E-state index in [4.69, 9.17) is 21.1 Å². The Hall–Kier alpha value is -1.59. The van der Waals surface area contributed by atoms with Crippen LogP contribution in [0.5, 0.6) is 5.75 Å². The fourth-order valence-corrected chi connectivity index (χ4v) is 2.84. The molecule has 19 heavy (non-hydrogen) atoms. The lowest BCUT2D eigenvalue weighted by atomic mass is 10.2. The van der Waals surface area contributed by atoms with Crippen molar-refractivity contribution in [3.05, 3.63) is 33.8 Å². The molecule has 2 aromatic rings. The highest BCUT2D eigenvalue weighted by Gasteiger charge is 2.17. The Labute approximate surface area is 120 Å². The van der Waals surface area contributed by atoms with Crippen LogP contribution in [0.3, 0.4) is 0 Å². The number of benzene rings is 1. The maximum atomic E-state index is 11.5. The summed E-state index contributed by atoms with van der Waals surface area (Å²) in [4.78, 5) is 16.4. The Morgan fingerprint density at radius 3 is 2.68 bits per heavy atom. The lowest BCUT2D eigenvalue weighted by molar-refractivity contribution is 0.0605. The van der Waals surface area contributed by atoms with Crippen molar-refractivity contribution in [2.24, 2.45) is 0 Å². The average Bonchev–Trinajstić information content (AvgIpc) is 2.80. The largest absolute Gasteiger partial charge is 0.495 e. The number of hydrogen-bond acceptors (Lipinski definition) is 5. The number of esters is 1. The van der Waals surface area contributed by atoms with Crippen LogP contribution in [0.15, 0.2) is 18.2 Å². The molecule has 0 saturated carbocycles. The maximum absolute atomic E-state index is 11.5. The molecule has 0 amide bonds. The minimum Gasteiger partial charge on any atom is -0.495 e. The summed E-state index contributed by atoms with van der Waals surface area (Å²) >= 11 is 7.36. The van der Waals surface area contributed by atoms with Gasteiger partial charge >= 0.3 is 5.97 Å². The van der Waals surface area contributed by atoms with Gasteiger partial charge in [-0.15, -0.1) is 11.3 Å². The summed E-state index contributed by atoms with van der Waals surface area (Å²) in [6.45, 7) is 1.78. The van der Waals surface area contributed by atoms with Crippen LogP contribution in [0.4, 0.5) is 0 Å². The SMILES string of the molecule is COC(=O)c1sc(-c2ccc(OC)c(Cl)c2)nc1C. The van der Waals surface area contributed by atoms with Crippen molar-refractivity contribution in [1.82, 2.24) is 4.98 Å². The van der Waals surface area contributed by atoms with Crippen LogP contribution >= 0.6 is 22.9 Å². The van der Waals surface area contributed by atoms with E-state index >= 15 is 0 Å². The van der Waals surface area contributed by atoms with Gasteiger partial charge in [0.05, 0.1) is 24.9 Å². The third-order valence-corrected chi connectivity index (χ3v) is 4.05. The molecule has 0 aliphatic heterocycles. The molecule has 1 aromatic carbocycles. The molecule has 0 saturated heterocycles. The van der Waals surface area contributed by atoms with Crippen molar-refractivity contribution >= 4 is 28.9 Å². The fourth-order valence-electron chi connectivity index (χ4n) is 1.60. The van der Waals surface area contributed by atoms with Crippen molar-refractivity contribution in [1.29, 1.82) is 0 Å². The van der Waals surface area contributed by atoms with Crippen LogP contribution in [0.1, 0.15) is 15.4 Å². The molecule has 0 aliphatic carbocycles. The molecular formula is C13H12ClNO3S. The first-order valence-corrected chi connectivity index (χ1v) is 6.66. The topological polar surface area (TPSA) is 48.4 Å². The molecule has 100 valence electrons. The molecule has 1 heterocycles. The Morgan fingerprint density at radius 1 is 1.37 bits per heavy atom. The molecule has 0 unspecified atom stereocenters. The number of methoxy groups -OCH3 is 2. The lowest BCUT2D eigenvalue weighted by Gasteiger charge is -2.03. The Bertz CT molecular complexity index is 624. The number of nitrogens with zero attached hydrogens (tertiary/aromatic N) is 1. The zero-order valence-electron chi connectivity index (χ0n) is 10.7. The summed E-state index contributed by atoms with van der Waals surface area (Å²) in [7, 11) is 2.91. The number of aromatic nitrogens is 1. The van der Waals surface area contributed by atoms with Gasteiger partial charge in [-0.2, -0.15) is 0 Å². The molecule has 0 aliphatic rings. The summed E-state index contributed by atoms with van der Waals surface area (Å²) in [6.07, 6.45) is 0. The van der Waals surface area contributed by atoms with Gasteiger partial charge in [0.2, 0.25) is 0 Å². The zero-order chi connectivity index (χ0) is 14.0. The molecule has 0 atom stereocenters. The van der Waals surface area contributed by atoms with Crippen LogP contribution in [0, 0.1) is 6.92 Å². The first kappa shape index (κ1) is 13.8. The van der Waals surface area contributed by atoms with Crippen LogP contribution in [0.25, 0.3) is 10.6 Å². The second kappa shape index (κ2) is 5.59. The van der Waals surface area contributed by atoms with Gasteiger partial charge in [-0.3, -0.25) is 0 Å². The van der Waals surface area contributed by atoms with Gasteiger partial charge < -0.3 is 9.47 Å². The Morgan fingerprint density at radius 2 is 2.11 bits per heavy atom. The number of hydrogen-bond donors (Lipinski definition) is 0. The zero-order valence-corrected chi connectivity index (χ0v) is 12.3. The van der Waals surface area contributed by atoms with Crippen LogP contribution in [-0.2, 0) is 4.74 Å². The highest BCUT2D eigenvalue weighted by Crippen LogP contribution is 2.33. The van der Waals surface area contributed by atoms with Crippen molar-refractivity contribution in [3.8, 4) is 16.3 Å². The van der Waals surface area contributed by atoms with Crippen LogP contribution in [-0.4, -0.2) is 25.2 Å². The van der Waals surface area contributed by atoms with E-state index in [0.29, 0.717) is 21.3 Å². The summed E-state index contributed by atoms with van der Waals surface area (Å²) in [5.74, 6) is 0.229. The highest BCUT2D eigenvalue weighted by molar-refractivity contribution is 7.17. The fraction of sp³-hybridized carbons (Fsp3) is 0.231. The van der Waals surface area contributed by atoms with Crippen molar-refractivity contribution in [2.45, 2.75) is 6.92 Å². The van der Waals surface area contributed by atoms with Gasteiger partial charge in [0.25, 0.3) is 0 Å². The molecule has 0 bridgehead atoms. The minimum atomic E-state index is -0.374. The molecule has 6 heteroatoms. The monoisotopic (exact) mass is 297 g/mol. The summed E-state index contributed by atoms with van der Waals surface area (Å²) in [6, 6.07) is 5.38. The van der Waals surface area contributed by atoms with Gasteiger partial charge in [-0.1, -0.05) is 11.6 Å². The molecule has 0 radical (unpaired) electrons. The third kappa shape index (κ3) is 2.72. The maximum Gasteiger partial charge on any atom is 0.349 e. The van der Waals surface area contributed by atoms with E-state index in [9.17, 15) is 4.79 Å². The number of carbonyl (C=O) groups is 1. The Balaban J connectivity index is 2.42. The average molecular weight is 298 g/mol. The molecule has 0 spiro atoms. The first-order chi connectivity index (χ1) is 9.06. The summed E-state index contributed by atoms with van der Waals surface area (Å²) < 4.78 is 9.81. The first-order valence-electron chi connectivity index (χ1n) is 5.46. The summed E-state index contributed by atoms with van der Waals surface area (Å²) in [5.41, 5.74) is 1.49. The lowest BCUT2D eigenvalue weighted by Crippen LogP contribution is -1.99. The number of thiazole rings is 1. The second-order valence-electron chi connectivity index (χ2n) is 3.77. The van der Waals surface area contributed by atoms with Crippen molar-refractivity contribution in [2.75, 3.05) is 14.2 Å². The van der Waals surface area contributed by atoms with E-state index in [0.717, 1.165) is 10.6 Å². The van der Waals surface area contributed by atoms with E-state index in [1.54, 1.807) is 26.2 Å². The third-order valence-electron chi connectivity index (χ3n) is 2.57. The van der Waals surface area contributed by atoms with Crippen LogP contribution < -0.4 is 4.74 Å². The van der Waals surface area contributed by atoms with Crippen molar-refractivity contribution in [3.63, 3.8) is 0 Å². The molecular weight excluding hydrogens is 286 g/mol. The molecule has 1 aromatic heterocycles. The summed E-state index contributed by atoms with van der Waals surface area (Å²) in [5, 5.41) is 1.23. The van der Waals surface area contributed by atoms with E-state index in [-0.39, 0.29) is 5.97 Å². The molecule has 0 fully saturated rings. The van der Waals surface area contributed by atoms with Crippen molar-refractivity contribution < 1.29 is 14.3 Å². The smallest absolute Gasteiger partial charge is 0.349 e.